The van der Waals surface area contributed by atoms with E-state index in [1.807, 2.05) is 6.07 Å². The lowest BCUT2D eigenvalue weighted by atomic mass is 10.4. The third-order valence-corrected chi connectivity index (χ3v) is 5.02. The summed E-state index contributed by atoms with van der Waals surface area (Å²) >= 11 is 15.9. The molecule has 0 unspecified atom stereocenters. The molecule has 0 saturated heterocycles. The van der Waals surface area contributed by atoms with Gasteiger partial charge in [-0.2, -0.15) is 12.6 Å². The Morgan fingerprint density at radius 2 is 1.89 bits per heavy atom. The number of benzene rings is 1. The molecule has 1 rings (SSSR count). The third-order valence-electron chi connectivity index (χ3n) is 1.56. The van der Waals surface area contributed by atoms with E-state index in [1.54, 1.807) is 24.3 Å². The van der Waals surface area contributed by atoms with Crippen molar-refractivity contribution in [2.24, 2.45) is 0 Å². The molecular formula is C12H17Cl2O2PS2. The molecule has 0 aromatic heterocycles. The standard InChI is InChI=1S/C6H5Cl2OP.C5H8OS2.CH4/c7-10(8,9)6-4-2-1-3-5-6;1-2-5(6)8-4-3-7;/h1-5H;2,7H,1,3-4H2;1H4. The van der Waals surface area contributed by atoms with E-state index in [2.05, 4.69) is 19.2 Å². The van der Waals surface area contributed by atoms with Gasteiger partial charge in [-0.1, -0.05) is 44.0 Å². The lowest BCUT2D eigenvalue weighted by Crippen LogP contribution is -1.93. The molecule has 1 aromatic rings. The van der Waals surface area contributed by atoms with E-state index >= 15 is 0 Å². The molecule has 0 saturated carbocycles. The van der Waals surface area contributed by atoms with Gasteiger partial charge in [0.15, 0.2) is 0 Å². The Labute approximate surface area is 134 Å². The lowest BCUT2D eigenvalue weighted by molar-refractivity contribution is -0.107. The van der Waals surface area contributed by atoms with Gasteiger partial charge in [0.25, 0.3) is 5.85 Å². The van der Waals surface area contributed by atoms with Gasteiger partial charge in [-0.05, 0) is 46.4 Å². The lowest BCUT2D eigenvalue weighted by Gasteiger charge is -1.98. The minimum absolute atomic E-state index is 0. The molecule has 0 N–H and O–H groups in total. The second-order valence-corrected chi connectivity index (χ2v) is 9.26. The van der Waals surface area contributed by atoms with Crippen LogP contribution in [0.25, 0.3) is 0 Å². The quantitative estimate of drug-likeness (QED) is 0.468. The predicted octanol–water partition coefficient (Wildman–Crippen LogP) is 4.98. The van der Waals surface area contributed by atoms with E-state index in [-0.39, 0.29) is 12.5 Å². The number of thioether (sulfide) groups is 1. The Balaban J connectivity index is 0. The van der Waals surface area contributed by atoms with Crippen molar-refractivity contribution < 1.29 is 9.36 Å². The average molecular weight is 359 g/mol. The summed E-state index contributed by atoms with van der Waals surface area (Å²) in [6.45, 7) is 3.32. The molecule has 0 aliphatic carbocycles. The van der Waals surface area contributed by atoms with Gasteiger partial charge >= 0.3 is 0 Å². The fourth-order valence-electron chi connectivity index (χ4n) is 0.807. The summed E-state index contributed by atoms with van der Waals surface area (Å²) in [6.07, 6.45) is 1.31. The van der Waals surface area contributed by atoms with Crippen molar-refractivity contribution in [1.29, 1.82) is 0 Å². The first kappa shape index (κ1) is 21.4. The summed E-state index contributed by atoms with van der Waals surface area (Å²) in [5.74, 6) is -1.56. The van der Waals surface area contributed by atoms with Crippen LogP contribution in [-0.4, -0.2) is 16.6 Å². The molecule has 0 atom stereocenters. The van der Waals surface area contributed by atoms with Gasteiger partial charge in [-0.3, -0.25) is 9.36 Å². The summed E-state index contributed by atoms with van der Waals surface area (Å²) in [5, 5.41) is 0.511. The first-order valence-electron chi connectivity index (χ1n) is 4.87. The molecule has 1 aromatic carbocycles. The highest BCUT2D eigenvalue weighted by atomic mass is 35.9. The van der Waals surface area contributed by atoms with Crippen LogP contribution in [0.4, 0.5) is 0 Å². The molecule has 108 valence electrons. The monoisotopic (exact) mass is 358 g/mol. The highest BCUT2D eigenvalue weighted by molar-refractivity contribution is 8.14. The highest BCUT2D eigenvalue weighted by Gasteiger charge is 2.15. The van der Waals surface area contributed by atoms with E-state index < -0.39 is 5.85 Å². The van der Waals surface area contributed by atoms with Gasteiger partial charge < -0.3 is 0 Å². The molecule has 0 amide bonds. The smallest absolute Gasteiger partial charge is 0.281 e. The Kier molecular flexibility index (Phi) is 13.5. The van der Waals surface area contributed by atoms with Crippen LogP contribution in [0, 0.1) is 0 Å². The first-order chi connectivity index (χ1) is 8.41. The van der Waals surface area contributed by atoms with Crippen LogP contribution in [-0.2, 0) is 9.36 Å². The van der Waals surface area contributed by atoms with Crippen LogP contribution < -0.4 is 5.30 Å². The maximum absolute atomic E-state index is 10.9. The van der Waals surface area contributed by atoms with E-state index in [1.165, 1.54) is 17.8 Å². The molecule has 0 bridgehead atoms. The van der Waals surface area contributed by atoms with Gasteiger partial charge in [0.05, 0.1) is 0 Å². The van der Waals surface area contributed by atoms with E-state index in [0.29, 0.717) is 5.30 Å². The molecule has 0 spiro atoms. The molecule has 0 fully saturated rings. The van der Waals surface area contributed by atoms with Crippen LogP contribution in [0.5, 0.6) is 0 Å². The number of thiol groups is 1. The minimum Gasteiger partial charge on any atom is -0.284 e. The maximum atomic E-state index is 10.9. The van der Waals surface area contributed by atoms with Crippen LogP contribution in [0.2, 0.25) is 0 Å². The summed E-state index contributed by atoms with van der Waals surface area (Å²) in [5.41, 5.74) is 0. The molecule has 0 aliphatic heterocycles. The van der Waals surface area contributed by atoms with Crippen LogP contribution in [0.3, 0.4) is 0 Å². The van der Waals surface area contributed by atoms with Crippen molar-refractivity contribution in [3.63, 3.8) is 0 Å². The summed E-state index contributed by atoms with van der Waals surface area (Å²) < 4.78 is 10.9. The summed E-state index contributed by atoms with van der Waals surface area (Å²) in [4.78, 5) is 10.4. The zero-order valence-corrected chi connectivity index (χ0v) is 13.6. The molecule has 0 radical (unpaired) electrons. The number of hydrogen-bond donors (Lipinski definition) is 1. The average Bonchev–Trinajstić information content (AvgIpc) is 2.36. The molecular weight excluding hydrogens is 342 g/mol. The van der Waals surface area contributed by atoms with E-state index in [0.717, 1.165) is 11.5 Å². The Morgan fingerprint density at radius 3 is 2.21 bits per heavy atom. The van der Waals surface area contributed by atoms with Crippen LogP contribution >= 0.6 is 52.7 Å². The maximum Gasteiger partial charge on any atom is 0.281 e. The normalized spacial score (nSPS) is 9.63. The minimum atomic E-state index is -3.07. The van der Waals surface area contributed by atoms with Gasteiger partial charge in [0.2, 0.25) is 5.12 Å². The zero-order valence-electron chi connectivity index (χ0n) is 9.46. The first-order valence-corrected chi connectivity index (χ1v) is 10.00. The largest absolute Gasteiger partial charge is 0.284 e. The molecule has 7 heteroatoms. The van der Waals surface area contributed by atoms with Gasteiger partial charge in [-0.15, -0.1) is 0 Å². The number of hydrogen-bond acceptors (Lipinski definition) is 4. The number of rotatable bonds is 4. The van der Waals surface area contributed by atoms with Crippen molar-refractivity contribution in [3.05, 3.63) is 43.0 Å². The number of carbonyl (C=O) groups is 1. The van der Waals surface area contributed by atoms with Gasteiger partial charge in [0.1, 0.15) is 0 Å². The molecule has 19 heavy (non-hydrogen) atoms. The van der Waals surface area contributed by atoms with Crippen LogP contribution in [0.15, 0.2) is 43.0 Å². The highest BCUT2D eigenvalue weighted by Crippen LogP contribution is 2.54. The van der Waals surface area contributed by atoms with E-state index in [9.17, 15) is 9.36 Å². The second-order valence-electron chi connectivity index (χ2n) is 2.89. The van der Waals surface area contributed by atoms with Crippen LogP contribution in [0.1, 0.15) is 7.43 Å². The Morgan fingerprint density at radius 1 is 1.37 bits per heavy atom. The van der Waals surface area contributed by atoms with Crippen molar-refractivity contribution in [3.8, 4) is 0 Å². The molecule has 2 nitrogen and oxygen atoms in total. The second kappa shape index (κ2) is 11.9. The number of halogens is 2. The van der Waals surface area contributed by atoms with Gasteiger partial charge in [-0.25, -0.2) is 0 Å². The summed E-state index contributed by atoms with van der Waals surface area (Å²) in [7, 11) is 0. The van der Waals surface area contributed by atoms with Crippen molar-refractivity contribution in [2.45, 2.75) is 7.43 Å². The predicted molar refractivity (Wildman–Crippen MR) is 93.6 cm³/mol. The topological polar surface area (TPSA) is 34.1 Å². The number of carbonyl (C=O) groups excluding carboxylic acids is 1. The van der Waals surface area contributed by atoms with E-state index in [4.69, 9.17) is 22.5 Å². The van der Waals surface area contributed by atoms with Crippen molar-refractivity contribution in [1.82, 2.24) is 0 Å². The fourth-order valence-corrected chi connectivity index (χ4v) is 2.69. The summed E-state index contributed by atoms with van der Waals surface area (Å²) in [6, 6.07) is 8.58. The zero-order chi connectivity index (χ0) is 14.0. The Hall–Kier alpha value is 0.140. The SMILES string of the molecule is C.C=CC(=O)SCCS.O=P(Cl)(Cl)c1ccccc1. The van der Waals surface area contributed by atoms with Crippen molar-refractivity contribution >= 4 is 63.1 Å². The van der Waals surface area contributed by atoms with Crippen molar-refractivity contribution in [2.75, 3.05) is 11.5 Å². The third kappa shape index (κ3) is 11.6. The fraction of sp³-hybridized carbons (Fsp3) is 0.250. The Bertz CT molecular complexity index is 421. The molecule has 0 aliphatic rings. The van der Waals surface area contributed by atoms with Gasteiger partial charge in [0, 0.05) is 11.1 Å². The molecule has 0 heterocycles.